The Hall–Kier alpha value is -0.820. The molecular formula is C20H33IN4. The van der Waals surface area contributed by atoms with Crippen LogP contribution < -0.4 is 10.6 Å². The van der Waals surface area contributed by atoms with Crippen molar-refractivity contribution in [1.29, 1.82) is 0 Å². The Balaban J connectivity index is 0.00000225. The molecule has 1 aliphatic heterocycles. The van der Waals surface area contributed by atoms with Gasteiger partial charge in [-0.1, -0.05) is 36.8 Å². The van der Waals surface area contributed by atoms with Crippen molar-refractivity contribution < 1.29 is 0 Å². The zero-order chi connectivity index (χ0) is 16.7. The number of piperidine rings is 1. The number of aliphatic imine (C=N–C) groups is 1. The van der Waals surface area contributed by atoms with Gasteiger partial charge in [0.1, 0.15) is 0 Å². The minimum atomic E-state index is 0. The van der Waals surface area contributed by atoms with E-state index >= 15 is 0 Å². The van der Waals surface area contributed by atoms with E-state index in [4.69, 9.17) is 0 Å². The third kappa shape index (κ3) is 6.77. The zero-order valence-corrected chi connectivity index (χ0v) is 17.8. The summed E-state index contributed by atoms with van der Waals surface area (Å²) in [7, 11) is 1.87. The Bertz CT molecular complexity index is 522. The Morgan fingerprint density at radius 2 is 1.80 bits per heavy atom. The summed E-state index contributed by atoms with van der Waals surface area (Å²) in [4.78, 5) is 6.94. The third-order valence-corrected chi connectivity index (χ3v) is 5.40. The van der Waals surface area contributed by atoms with E-state index in [1.54, 1.807) is 0 Å². The second-order valence-electron chi connectivity index (χ2n) is 7.42. The number of nitrogens with zero attached hydrogens (tertiary/aromatic N) is 2. The zero-order valence-electron chi connectivity index (χ0n) is 15.5. The third-order valence-electron chi connectivity index (χ3n) is 5.40. The predicted molar refractivity (Wildman–Crippen MR) is 117 cm³/mol. The van der Waals surface area contributed by atoms with Gasteiger partial charge in [0.25, 0.3) is 0 Å². The number of hydrogen-bond donors (Lipinski definition) is 2. The summed E-state index contributed by atoms with van der Waals surface area (Å²) in [6, 6.07) is 10.9. The maximum atomic E-state index is 4.38. The molecule has 0 atom stereocenters. The molecule has 4 nitrogen and oxygen atoms in total. The molecule has 1 aromatic rings. The van der Waals surface area contributed by atoms with E-state index in [2.05, 4.69) is 50.9 Å². The maximum absolute atomic E-state index is 4.38. The highest BCUT2D eigenvalue weighted by atomic mass is 127. The van der Waals surface area contributed by atoms with Crippen molar-refractivity contribution in [3.05, 3.63) is 35.9 Å². The van der Waals surface area contributed by atoms with E-state index in [0.717, 1.165) is 25.6 Å². The number of guanidine groups is 1. The molecule has 140 valence electrons. The van der Waals surface area contributed by atoms with Crippen LogP contribution in [0.15, 0.2) is 35.3 Å². The fourth-order valence-electron chi connectivity index (χ4n) is 3.63. The summed E-state index contributed by atoms with van der Waals surface area (Å²) in [5.41, 5.74) is 1.89. The SMILES string of the molecule is CN=C(NCCN1CCCCC1)NCC1(Cc2ccccc2)CC1.I. The molecule has 2 N–H and O–H groups in total. The van der Waals surface area contributed by atoms with Crippen LogP contribution in [-0.2, 0) is 6.42 Å². The quantitative estimate of drug-likeness (QED) is 0.376. The van der Waals surface area contributed by atoms with Gasteiger partial charge in [-0.25, -0.2) is 0 Å². The van der Waals surface area contributed by atoms with Gasteiger partial charge in [-0.05, 0) is 56.2 Å². The van der Waals surface area contributed by atoms with Gasteiger partial charge in [0.2, 0.25) is 0 Å². The van der Waals surface area contributed by atoms with Crippen molar-refractivity contribution in [1.82, 2.24) is 15.5 Å². The van der Waals surface area contributed by atoms with Gasteiger partial charge in [-0.3, -0.25) is 4.99 Å². The normalized spacial score (nSPS) is 19.8. The Labute approximate surface area is 169 Å². The minimum Gasteiger partial charge on any atom is -0.356 e. The Morgan fingerprint density at radius 3 is 2.44 bits per heavy atom. The Morgan fingerprint density at radius 1 is 1.08 bits per heavy atom. The highest BCUT2D eigenvalue weighted by molar-refractivity contribution is 14.0. The van der Waals surface area contributed by atoms with Crippen molar-refractivity contribution >= 4 is 29.9 Å². The molecule has 2 aliphatic rings. The van der Waals surface area contributed by atoms with Gasteiger partial charge in [0.15, 0.2) is 5.96 Å². The highest BCUT2D eigenvalue weighted by Crippen LogP contribution is 2.47. The first kappa shape index (κ1) is 20.5. The van der Waals surface area contributed by atoms with E-state index in [9.17, 15) is 0 Å². The van der Waals surface area contributed by atoms with Gasteiger partial charge in [-0.15, -0.1) is 24.0 Å². The van der Waals surface area contributed by atoms with Crippen LogP contribution in [0.25, 0.3) is 0 Å². The summed E-state index contributed by atoms with van der Waals surface area (Å²) < 4.78 is 0. The van der Waals surface area contributed by atoms with Crippen LogP contribution in [0.1, 0.15) is 37.7 Å². The Kier molecular flexibility index (Phi) is 8.49. The molecule has 0 aromatic heterocycles. The molecule has 1 aromatic carbocycles. The molecule has 0 radical (unpaired) electrons. The van der Waals surface area contributed by atoms with Crippen LogP contribution in [0.5, 0.6) is 0 Å². The van der Waals surface area contributed by atoms with Gasteiger partial charge in [0, 0.05) is 26.7 Å². The molecule has 0 spiro atoms. The number of likely N-dealkylation sites (tertiary alicyclic amines) is 1. The molecule has 0 amide bonds. The van der Waals surface area contributed by atoms with Gasteiger partial charge >= 0.3 is 0 Å². The lowest BCUT2D eigenvalue weighted by Crippen LogP contribution is -2.44. The monoisotopic (exact) mass is 456 g/mol. The van der Waals surface area contributed by atoms with Crippen LogP contribution in [0.3, 0.4) is 0 Å². The van der Waals surface area contributed by atoms with Crippen LogP contribution >= 0.6 is 24.0 Å². The predicted octanol–water partition coefficient (Wildman–Crippen LogP) is 3.28. The topological polar surface area (TPSA) is 39.7 Å². The van der Waals surface area contributed by atoms with E-state index in [-0.39, 0.29) is 24.0 Å². The van der Waals surface area contributed by atoms with E-state index < -0.39 is 0 Å². The molecule has 5 heteroatoms. The van der Waals surface area contributed by atoms with Crippen molar-refractivity contribution in [3.8, 4) is 0 Å². The van der Waals surface area contributed by atoms with Crippen molar-refractivity contribution in [3.63, 3.8) is 0 Å². The lowest BCUT2D eigenvalue weighted by atomic mass is 9.96. The number of rotatable bonds is 7. The summed E-state index contributed by atoms with van der Waals surface area (Å²) >= 11 is 0. The van der Waals surface area contributed by atoms with Gasteiger partial charge in [-0.2, -0.15) is 0 Å². The van der Waals surface area contributed by atoms with Gasteiger partial charge in [0.05, 0.1) is 0 Å². The number of halogens is 1. The average molecular weight is 456 g/mol. The number of hydrogen-bond acceptors (Lipinski definition) is 2. The van der Waals surface area contributed by atoms with Gasteiger partial charge < -0.3 is 15.5 Å². The van der Waals surface area contributed by atoms with Crippen LogP contribution in [0.4, 0.5) is 0 Å². The first-order valence-corrected chi connectivity index (χ1v) is 9.51. The fourth-order valence-corrected chi connectivity index (χ4v) is 3.63. The summed E-state index contributed by atoms with van der Waals surface area (Å²) in [5.74, 6) is 0.950. The van der Waals surface area contributed by atoms with Crippen molar-refractivity contribution in [2.45, 2.75) is 38.5 Å². The summed E-state index contributed by atoms with van der Waals surface area (Å²) in [6.45, 7) is 5.63. The van der Waals surface area contributed by atoms with E-state index in [1.165, 1.54) is 57.2 Å². The minimum absolute atomic E-state index is 0. The number of nitrogens with one attached hydrogen (secondary N) is 2. The molecule has 2 fully saturated rings. The van der Waals surface area contributed by atoms with Crippen molar-refractivity contribution in [2.24, 2.45) is 10.4 Å². The van der Waals surface area contributed by atoms with Crippen molar-refractivity contribution in [2.75, 3.05) is 39.8 Å². The van der Waals surface area contributed by atoms with Crippen LogP contribution in [-0.4, -0.2) is 50.6 Å². The fraction of sp³-hybridized carbons (Fsp3) is 0.650. The van der Waals surface area contributed by atoms with E-state index in [0.29, 0.717) is 5.41 Å². The molecule has 25 heavy (non-hydrogen) atoms. The van der Waals surface area contributed by atoms with E-state index in [1.807, 2.05) is 7.05 Å². The van der Waals surface area contributed by atoms with Crippen LogP contribution in [0, 0.1) is 5.41 Å². The first-order chi connectivity index (χ1) is 11.8. The molecule has 0 unspecified atom stereocenters. The average Bonchev–Trinajstić information content (AvgIpc) is 3.39. The standard InChI is InChI=1S/C20H32N4.HI/c1-21-19(22-12-15-24-13-6-3-7-14-24)23-17-20(10-11-20)16-18-8-4-2-5-9-18;/h2,4-5,8-9H,3,6-7,10-17H2,1H3,(H2,21,22,23);1H. The first-order valence-electron chi connectivity index (χ1n) is 9.51. The molecule has 1 aliphatic carbocycles. The maximum Gasteiger partial charge on any atom is 0.191 e. The molecule has 0 bridgehead atoms. The second kappa shape index (κ2) is 10.4. The molecule has 1 saturated heterocycles. The lowest BCUT2D eigenvalue weighted by Gasteiger charge is -2.26. The second-order valence-corrected chi connectivity index (χ2v) is 7.42. The van der Waals surface area contributed by atoms with Crippen LogP contribution in [0.2, 0.25) is 0 Å². The molecular weight excluding hydrogens is 423 g/mol. The molecule has 3 rings (SSSR count). The molecule has 1 heterocycles. The summed E-state index contributed by atoms with van der Waals surface area (Å²) in [5, 5.41) is 7.03. The largest absolute Gasteiger partial charge is 0.356 e. The lowest BCUT2D eigenvalue weighted by molar-refractivity contribution is 0.232. The number of benzene rings is 1. The highest BCUT2D eigenvalue weighted by Gasteiger charge is 2.42. The summed E-state index contributed by atoms with van der Waals surface area (Å²) in [6.07, 6.45) is 7.92. The smallest absolute Gasteiger partial charge is 0.191 e. The molecule has 1 saturated carbocycles.